The fourth-order valence-electron chi connectivity index (χ4n) is 1.74. The van der Waals surface area contributed by atoms with Crippen LogP contribution in [0.15, 0.2) is 20.9 Å². The lowest BCUT2D eigenvalue weighted by Crippen LogP contribution is -2.36. The maximum atomic E-state index is 4.43. The van der Waals surface area contributed by atoms with Crippen molar-refractivity contribution in [3.05, 3.63) is 36.4 Å². The highest BCUT2D eigenvalue weighted by molar-refractivity contribution is 14.0. The molecule has 2 heterocycles. The highest BCUT2D eigenvalue weighted by atomic mass is 127. The molecule has 0 saturated carbocycles. The van der Waals surface area contributed by atoms with E-state index in [9.17, 15) is 0 Å². The number of halogens is 2. The molecular weight excluding hydrogens is 483 g/mol. The van der Waals surface area contributed by atoms with Gasteiger partial charge in [0.1, 0.15) is 0 Å². The molecule has 2 N–H and O–H groups in total. The number of guanidine groups is 1. The van der Waals surface area contributed by atoms with Gasteiger partial charge in [0.2, 0.25) is 0 Å². The van der Waals surface area contributed by atoms with Crippen LogP contribution in [0.1, 0.15) is 20.5 Å². The van der Waals surface area contributed by atoms with E-state index in [1.807, 2.05) is 13.8 Å². The van der Waals surface area contributed by atoms with Gasteiger partial charge >= 0.3 is 0 Å². The number of thiophene rings is 1. The van der Waals surface area contributed by atoms with Gasteiger partial charge in [-0.05, 0) is 35.8 Å². The summed E-state index contributed by atoms with van der Waals surface area (Å²) in [6, 6.07) is 2.11. The smallest absolute Gasteiger partial charge is 0.191 e. The van der Waals surface area contributed by atoms with E-state index in [4.69, 9.17) is 0 Å². The quantitative estimate of drug-likeness (QED) is 0.378. The molecule has 0 aromatic carbocycles. The second kappa shape index (κ2) is 9.06. The predicted molar refractivity (Wildman–Crippen MR) is 106 cm³/mol. The number of hydrogen-bond donors (Lipinski definition) is 2. The summed E-state index contributed by atoms with van der Waals surface area (Å²) in [5, 5.41) is 9.81. The molecule has 0 fully saturated rings. The molecular formula is C13H18BrIN4S2. The lowest BCUT2D eigenvalue weighted by Gasteiger charge is -2.10. The zero-order valence-electron chi connectivity index (χ0n) is 12.1. The molecule has 0 amide bonds. The standard InChI is InChI=1S/C13H17BrN4S2.HI/c1-8-12(20-9(2)18-8)6-17-13(15-3)16-5-11-4-10(14)7-19-11;/h4,7H,5-6H2,1-3H3,(H2,15,16,17);1H. The van der Waals surface area contributed by atoms with E-state index in [1.165, 1.54) is 9.75 Å². The molecule has 2 rings (SSSR count). The number of nitrogens with one attached hydrogen (secondary N) is 2. The van der Waals surface area contributed by atoms with Crippen molar-refractivity contribution in [1.82, 2.24) is 15.6 Å². The van der Waals surface area contributed by atoms with Crippen LogP contribution in [0.25, 0.3) is 0 Å². The van der Waals surface area contributed by atoms with E-state index in [1.54, 1.807) is 29.7 Å². The number of aliphatic imine (C=N–C) groups is 1. The Morgan fingerprint density at radius 1 is 1.33 bits per heavy atom. The summed E-state index contributed by atoms with van der Waals surface area (Å²) in [5.41, 5.74) is 1.10. The molecule has 2 aromatic heterocycles. The Morgan fingerprint density at radius 2 is 2.05 bits per heavy atom. The minimum absolute atomic E-state index is 0. The van der Waals surface area contributed by atoms with Crippen LogP contribution >= 0.6 is 62.6 Å². The molecule has 0 bridgehead atoms. The van der Waals surface area contributed by atoms with Crippen LogP contribution in [0.4, 0.5) is 0 Å². The van der Waals surface area contributed by atoms with Crippen LogP contribution in [0.3, 0.4) is 0 Å². The Balaban J connectivity index is 0.00000220. The van der Waals surface area contributed by atoms with Crippen LogP contribution in [-0.4, -0.2) is 18.0 Å². The normalized spacial score (nSPS) is 11.1. The van der Waals surface area contributed by atoms with E-state index in [0.717, 1.165) is 34.2 Å². The highest BCUT2D eigenvalue weighted by Gasteiger charge is 2.06. The van der Waals surface area contributed by atoms with Crippen molar-refractivity contribution in [1.29, 1.82) is 0 Å². The fraction of sp³-hybridized carbons (Fsp3) is 0.385. The maximum absolute atomic E-state index is 4.43. The van der Waals surface area contributed by atoms with Gasteiger partial charge in [-0.25, -0.2) is 4.98 Å². The first-order valence-corrected chi connectivity index (χ1v) is 8.67. The number of thiazole rings is 1. The summed E-state index contributed by atoms with van der Waals surface area (Å²) in [6.07, 6.45) is 0. The molecule has 8 heteroatoms. The van der Waals surface area contributed by atoms with Crippen LogP contribution in [-0.2, 0) is 13.1 Å². The molecule has 0 aliphatic heterocycles. The predicted octanol–water partition coefficient (Wildman–Crippen LogP) is 4.07. The summed E-state index contributed by atoms with van der Waals surface area (Å²) < 4.78 is 1.12. The number of aromatic nitrogens is 1. The van der Waals surface area contributed by atoms with Gasteiger partial charge in [-0.3, -0.25) is 4.99 Å². The van der Waals surface area contributed by atoms with Gasteiger partial charge in [-0.2, -0.15) is 0 Å². The van der Waals surface area contributed by atoms with Crippen molar-refractivity contribution in [3.63, 3.8) is 0 Å². The summed E-state index contributed by atoms with van der Waals surface area (Å²) in [4.78, 5) is 11.2. The third-order valence-corrected chi connectivity index (χ3v) is 5.46. The highest BCUT2D eigenvalue weighted by Crippen LogP contribution is 2.19. The van der Waals surface area contributed by atoms with E-state index < -0.39 is 0 Å². The molecule has 0 radical (unpaired) electrons. The molecule has 0 aliphatic carbocycles. The molecule has 2 aromatic rings. The number of rotatable bonds is 4. The van der Waals surface area contributed by atoms with E-state index in [-0.39, 0.29) is 24.0 Å². The second-order valence-electron chi connectivity index (χ2n) is 4.25. The van der Waals surface area contributed by atoms with Crippen molar-refractivity contribution in [2.24, 2.45) is 4.99 Å². The monoisotopic (exact) mass is 500 g/mol. The third kappa shape index (κ3) is 5.84. The molecule has 21 heavy (non-hydrogen) atoms. The summed E-state index contributed by atoms with van der Waals surface area (Å²) >= 11 is 6.91. The summed E-state index contributed by atoms with van der Waals surface area (Å²) in [7, 11) is 1.78. The average molecular weight is 501 g/mol. The Hall–Kier alpha value is -0.190. The van der Waals surface area contributed by atoms with E-state index >= 15 is 0 Å². The Labute approximate surface area is 158 Å². The molecule has 0 atom stereocenters. The molecule has 0 unspecified atom stereocenters. The number of aryl methyl sites for hydroxylation is 2. The van der Waals surface area contributed by atoms with Gasteiger partial charge < -0.3 is 10.6 Å². The lowest BCUT2D eigenvalue weighted by atomic mass is 10.4. The molecule has 0 aliphatic rings. The van der Waals surface area contributed by atoms with Crippen molar-refractivity contribution in [2.75, 3.05) is 7.05 Å². The van der Waals surface area contributed by atoms with Gasteiger partial charge in [0, 0.05) is 26.7 Å². The minimum atomic E-state index is 0. The van der Waals surface area contributed by atoms with E-state index in [2.05, 4.69) is 48.0 Å². The van der Waals surface area contributed by atoms with Crippen LogP contribution in [0, 0.1) is 13.8 Å². The van der Waals surface area contributed by atoms with Gasteiger partial charge in [0.25, 0.3) is 0 Å². The fourth-order valence-corrected chi connectivity index (χ4v) is 4.01. The zero-order valence-corrected chi connectivity index (χ0v) is 17.6. The van der Waals surface area contributed by atoms with Crippen molar-refractivity contribution < 1.29 is 0 Å². The second-order valence-corrected chi connectivity index (χ2v) is 7.45. The first-order chi connectivity index (χ1) is 9.58. The molecule has 116 valence electrons. The SMILES string of the molecule is CN=C(NCc1cc(Br)cs1)NCc1sc(C)nc1C.I. The van der Waals surface area contributed by atoms with Crippen molar-refractivity contribution in [3.8, 4) is 0 Å². The van der Waals surface area contributed by atoms with Gasteiger partial charge in [0.15, 0.2) is 5.96 Å². The third-order valence-electron chi connectivity index (χ3n) is 2.69. The molecule has 0 spiro atoms. The Kier molecular flexibility index (Phi) is 8.14. The van der Waals surface area contributed by atoms with E-state index in [0.29, 0.717) is 0 Å². The first-order valence-electron chi connectivity index (χ1n) is 6.19. The van der Waals surface area contributed by atoms with Crippen LogP contribution in [0.5, 0.6) is 0 Å². The van der Waals surface area contributed by atoms with Gasteiger partial charge in [-0.1, -0.05) is 0 Å². The minimum Gasteiger partial charge on any atom is -0.352 e. The summed E-state index contributed by atoms with van der Waals surface area (Å²) in [5.74, 6) is 0.806. The lowest BCUT2D eigenvalue weighted by molar-refractivity contribution is 0.818. The number of nitrogens with zero attached hydrogens (tertiary/aromatic N) is 2. The molecule has 4 nitrogen and oxygen atoms in total. The summed E-state index contributed by atoms with van der Waals surface area (Å²) in [6.45, 7) is 5.60. The van der Waals surface area contributed by atoms with Crippen molar-refractivity contribution in [2.45, 2.75) is 26.9 Å². The Bertz CT molecular complexity index is 609. The average Bonchev–Trinajstić information content (AvgIpc) is 2.96. The topological polar surface area (TPSA) is 49.3 Å². The van der Waals surface area contributed by atoms with Crippen LogP contribution in [0.2, 0.25) is 0 Å². The van der Waals surface area contributed by atoms with Gasteiger partial charge in [-0.15, -0.1) is 46.7 Å². The molecule has 0 saturated heterocycles. The largest absolute Gasteiger partial charge is 0.352 e. The zero-order chi connectivity index (χ0) is 14.5. The first kappa shape index (κ1) is 18.9. The van der Waals surface area contributed by atoms with Crippen molar-refractivity contribution >= 4 is 68.5 Å². The van der Waals surface area contributed by atoms with Crippen LogP contribution < -0.4 is 10.6 Å². The maximum Gasteiger partial charge on any atom is 0.191 e. The van der Waals surface area contributed by atoms with Gasteiger partial charge in [0.05, 0.1) is 23.8 Å². The Morgan fingerprint density at radius 3 is 2.57 bits per heavy atom. The number of hydrogen-bond acceptors (Lipinski definition) is 4.